The molecule has 1 aliphatic carbocycles. The lowest BCUT2D eigenvalue weighted by atomic mass is 9.52. The second-order valence-corrected chi connectivity index (χ2v) is 11.3. The zero-order valence-corrected chi connectivity index (χ0v) is 22.0. The van der Waals surface area contributed by atoms with E-state index in [1.54, 1.807) is 24.5 Å². The van der Waals surface area contributed by atoms with E-state index < -0.39 is 5.97 Å². The minimum Gasteiger partial charge on any atom is -0.478 e. The topological polar surface area (TPSA) is 106 Å². The molecule has 10 heteroatoms. The summed E-state index contributed by atoms with van der Waals surface area (Å²) in [4.78, 5) is 30.6. The Hall–Kier alpha value is -4.02. The summed E-state index contributed by atoms with van der Waals surface area (Å²) in [6, 6.07) is 16.0. The van der Waals surface area contributed by atoms with Crippen molar-refractivity contribution in [1.82, 2.24) is 24.4 Å². The van der Waals surface area contributed by atoms with Gasteiger partial charge in [-0.3, -0.25) is 9.88 Å². The highest BCUT2D eigenvalue weighted by molar-refractivity contribution is 5.92. The molecule has 10 nitrogen and oxygen atoms in total. The number of aromatic nitrogens is 4. The lowest BCUT2D eigenvalue weighted by molar-refractivity contribution is -0.183. The van der Waals surface area contributed by atoms with E-state index in [4.69, 9.17) is 19.4 Å². The number of pyridine rings is 2. The van der Waals surface area contributed by atoms with Gasteiger partial charge in [-0.2, -0.15) is 4.98 Å². The van der Waals surface area contributed by atoms with Gasteiger partial charge < -0.3 is 24.0 Å². The number of hydrogen-bond donors (Lipinski definition) is 1. The van der Waals surface area contributed by atoms with Crippen molar-refractivity contribution < 1.29 is 19.4 Å². The molecule has 204 valence electrons. The van der Waals surface area contributed by atoms with E-state index in [-0.39, 0.29) is 17.2 Å². The number of hydrogen-bond acceptors (Lipinski definition) is 8. The highest BCUT2D eigenvalue weighted by Crippen LogP contribution is 2.61. The molecule has 1 aromatic carbocycles. The van der Waals surface area contributed by atoms with Crippen molar-refractivity contribution >= 4 is 22.8 Å². The first-order valence-corrected chi connectivity index (χ1v) is 14.0. The molecule has 6 heterocycles. The number of fused-ring (bicyclic) bond motifs is 1. The van der Waals surface area contributed by atoms with Gasteiger partial charge in [-0.25, -0.2) is 9.78 Å². The summed E-state index contributed by atoms with van der Waals surface area (Å²) in [5, 5.41) is 9.55. The fourth-order valence-corrected chi connectivity index (χ4v) is 7.03. The van der Waals surface area contributed by atoms with Crippen LogP contribution in [0, 0.1) is 0 Å². The number of aromatic carboxylic acids is 1. The molecule has 0 amide bonds. The number of anilines is 1. The number of piperazine rings is 1. The molecular weight excluding hydrogens is 508 g/mol. The molecule has 4 atom stereocenters. The molecule has 1 saturated carbocycles. The zero-order chi connectivity index (χ0) is 26.8. The molecule has 3 aliphatic heterocycles. The Labute approximate surface area is 231 Å². The Kier molecular flexibility index (Phi) is 5.36. The molecular formula is C30H30N6O4. The summed E-state index contributed by atoms with van der Waals surface area (Å²) < 4.78 is 13.9. The molecule has 3 saturated heterocycles. The number of carboxylic acids is 1. The predicted octanol–water partition coefficient (Wildman–Crippen LogP) is 3.50. The average molecular weight is 539 g/mol. The smallest absolute Gasteiger partial charge is 0.335 e. The average Bonchev–Trinajstić information content (AvgIpc) is 3.26. The number of carboxylic acid groups (broad SMARTS) is 1. The van der Waals surface area contributed by atoms with Gasteiger partial charge in [0.2, 0.25) is 5.88 Å². The largest absolute Gasteiger partial charge is 0.478 e. The van der Waals surface area contributed by atoms with Crippen LogP contribution in [0.3, 0.4) is 0 Å². The van der Waals surface area contributed by atoms with Gasteiger partial charge >= 0.3 is 5.97 Å². The van der Waals surface area contributed by atoms with Crippen molar-refractivity contribution in [1.29, 1.82) is 0 Å². The van der Waals surface area contributed by atoms with E-state index in [1.807, 2.05) is 30.3 Å². The van der Waals surface area contributed by atoms with Crippen molar-refractivity contribution in [2.75, 3.05) is 18.1 Å². The quantitative estimate of drug-likeness (QED) is 0.343. The summed E-state index contributed by atoms with van der Waals surface area (Å²) in [5.74, 6) is 1.67. The van der Waals surface area contributed by atoms with Gasteiger partial charge in [-0.1, -0.05) is 6.07 Å². The van der Waals surface area contributed by atoms with Gasteiger partial charge in [0, 0.05) is 31.6 Å². The van der Waals surface area contributed by atoms with Gasteiger partial charge in [0.25, 0.3) is 0 Å². The number of imidazole rings is 1. The normalized spacial score (nSPS) is 26.6. The molecule has 4 fully saturated rings. The number of benzene rings is 1. The summed E-state index contributed by atoms with van der Waals surface area (Å²) in [6.45, 7) is 3.64. The first-order chi connectivity index (χ1) is 19.6. The van der Waals surface area contributed by atoms with Crippen LogP contribution in [0.4, 0.5) is 5.82 Å². The van der Waals surface area contributed by atoms with Gasteiger partial charge in [-0.15, -0.1) is 0 Å². The maximum atomic E-state index is 11.6. The zero-order valence-electron chi connectivity index (χ0n) is 22.0. The van der Waals surface area contributed by atoms with Gasteiger partial charge in [0.1, 0.15) is 18.2 Å². The van der Waals surface area contributed by atoms with Crippen LogP contribution in [0.15, 0.2) is 60.9 Å². The molecule has 1 spiro atoms. The molecule has 3 unspecified atom stereocenters. The molecule has 0 radical (unpaired) electrons. The Balaban J connectivity index is 1.01. The highest BCUT2D eigenvalue weighted by Gasteiger charge is 2.75. The first kappa shape index (κ1) is 23.8. The van der Waals surface area contributed by atoms with Crippen LogP contribution in [0.1, 0.15) is 41.0 Å². The number of rotatable bonds is 9. The maximum Gasteiger partial charge on any atom is 0.335 e. The lowest BCUT2D eigenvalue weighted by Gasteiger charge is -2.80. The van der Waals surface area contributed by atoms with E-state index in [9.17, 15) is 9.90 Å². The summed E-state index contributed by atoms with van der Waals surface area (Å²) in [5.41, 5.74) is 3.21. The third kappa shape index (κ3) is 3.55. The molecule has 8 rings (SSSR count). The molecule has 0 bridgehead atoms. The molecule has 1 N–H and O–H groups in total. The van der Waals surface area contributed by atoms with Gasteiger partial charge in [0.05, 0.1) is 53.4 Å². The number of piperidine rings is 1. The second-order valence-electron chi connectivity index (χ2n) is 11.3. The van der Waals surface area contributed by atoms with Crippen molar-refractivity contribution in [2.45, 2.75) is 62.7 Å². The van der Waals surface area contributed by atoms with Crippen LogP contribution < -0.4 is 9.64 Å². The van der Waals surface area contributed by atoms with Crippen molar-refractivity contribution in [3.8, 4) is 5.88 Å². The molecule has 40 heavy (non-hydrogen) atoms. The lowest BCUT2D eigenvalue weighted by Crippen LogP contribution is -2.96. The summed E-state index contributed by atoms with van der Waals surface area (Å²) >= 11 is 0. The Bertz CT molecular complexity index is 1600. The predicted molar refractivity (Wildman–Crippen MR) is 146 cm³/mol. The van der Waals surface area contributed by atoms with Crippen molar-refractivity contribution in [3.63, 3.8) is 0 Å². The molecule has 3 aromatic heterocycles. The van der Waals surface area contributed by atoms with E-state index >= 15 is 0 Å². The molecule has 4 aliphatic rings. The van der Waals surface area contributed by atoms with Crippen LogP contribution >= 0.6 is 0 Å². The fourth-order valence-electron chi connectivity index (χ4n) is 7.03. The Morgan fingerprint density at radius 2 is 1.98 bits per heavy atom. The minimum absolute atomic E-state index is 0.154. The Morgan fingerprint density at radius 1 is 1.10 bits per heavy atom. The van der Waals surface area contributed by atoms with E-state index in [2.05, 4.69) is 25.4 Å². The minimum atomic E-state index is -0.923. The van der Waals surface area contributed by atoms with Crippen LogP contribution in [-0.4, -0.2) is 72.4 Å². The third-order valence-electron chi connectivity index (χ3n) is 9.32. The van der Waals surface area contributed by atoms with E-state index in [1.165, 1.54) is 6.42 Å². The number of ether oxygens (including phenoxy) is 2. The fraction of sp³-hybridized carbons (Fsp3) is 0.400. The number of nitrogens with zero attached hydrogens (tertiary/aromatic N) is 6. The van der Waals surface area contributed by atoms with Crippen LogP contribution in [0.5, 0.6) is 5.88 Å². The van der Waals surface area contributed by atoms with Crippen LogP contribution in [0.25, 0.3) is 11.0 Å². The summed E-state index contributed by atoms with van der Waals surface area (Å²) in [7, 11) is 0. The standard InChI is InChI=1S/C30H30N6O4/c37-29(38)20-4-5-22-23(14-20)35(15-21-9-13-39-21)27(32-22)17-34-16-25-30(34)10-6-24(30)36(25)26-2-1-3-28(33-26)40-18-19-7-11-31-12-8-19/h1-5,7-8,11-12,14,21,24-25H,6,9-10,13,15-18H2,(H,37,38)/t21-,24?,25?,30?/m0/s1. The van der Waals surface area contributed by atoms with E-state index in [0.29, 0.717) is 31.1 Å². The van der Waals surface area contributed by atoms with Crippen LogP contribution in [-0.2, 0) is 24.4 Å². The van der Waals surface area contributed by atoms with Crippen molar-refractivity contribution in [2.24, 2.45) is 0 Å². The third-order valence-corrected chi connectivity index (χ3v) is 9.32. The number of carbonyl (C=O) groups is 1. The van der Waals surface area contributed by atoms with E-state index in [0.717, 1.165) is 60.8 Å². The first-order valence-electron chi connectivity index (χ1n) is 14.0. The number of likely N-dealkylation sites (tertiary alicyclic amines) is 1. The Morgan fingerprint density at radius 3 is 2.70 bits per heavy atom. The monoisotopic (exact) mass is 538 g/mol. The molecule has 4 aromatic rings. The highest BCUT2D eigenvalue weighted by atomic mass is 16.5. The SMILES string of the molecule is O=C(O)c1ccc2nc(CN3CC4N(c5cccc(OCc6ccncc6)n5)C5CCC543)n(C[C@@H]3CCO3)c2c1. The second kappa shape index (κ2) is 9.00. The maximum absolute atomic E-state index is 11.6. The van der Waals surface area contributed by atoms with Crippen molar-refractivity contribution in [3.05, 3.63) is 77.9 Å². The summed E-state index contributed by atoms with van der Waals surface area (Å²) in [6.07, 6.45) is 7.02. The van der Waals surface area contributed by atoms with Crippen LogP contribution in [0.2, 0.25) is 0 Å². The van der Waals surface area contributed by atoms with Gasteiger partial charge in [-0.05, 0) is 61.2 Å². The van der Waals surface area contributed by atoms with Gasteiger partial charge in [0.15, 0.2) is 0 Å².